The Morgan fingerprint density at radius 1 is 1.11 bits per heavy atom. The number of amides is 1. The maximum atomic E-state index is 13.1. The molecule has 3 heterocycles. The fourth-order valence-electron chi connectivity index (χ4n) is 3.70. The summed E-state index contributed by atoms with van der Waals surface area (Å²) in [4.78, 5) is 21.7. The molecule has 1 amide bonds. The second kappa shape index (κ2) is 10.2. The number of fused-ring (bicyclic) bond motifs is 1. The van der Waals surface area contributed by atoms with Gasteiger partial charge in [-0.05, 0) is 42.8 Å². The maximum Gasteiger partial charge on any atom is 0.274 e. The van der Waals surface area contributed by atoms with E-state index in [9.17, 15) is 4.79 Å². The van der Waals surface area contributed by atoms with Crippen molar-refractivity contribution in [3.05, 3.63) is 89.0 Å². The van der Waals surface area contributed by atoms with Crippen molar-refractivity contribution in [3.63, 3.8) is 0 Å². The van der Waals surface area contributed by atoms with E-state index in [4.69, 9.17) is 23.1 Å². The lowest BCUT2D eigenvalue weighted by atomic mass is 10.1. The Kier molecular flexibility index (Phi) is 6.62. The van der Waals surface area contributed by atoms with Gasteiger partial charge in [-0.2, -0.15) is 4.52 Å². The number of hydrogen-bond acceptors (Lipinski definition) is 9. The lowest BCUT2D eigenvalue weighted by molar-refractivity contribution is 0.0933. The normalized spacial score (nSPS) is 11.9. The molecule has 37 heavy (non-hydrogen) atoms. The predicted octanol–water partition coefficient (Wildman–Crippen LogP) is 3.51. The Hall–Kier alpha value is -4.61. The molecule has 11 nitrogen and oxygen atoms in total. The van der Waals surface area contributed by atoms with Crippen molar-refractivity contribution < 1.29 is 4.79 Å². The van der Waals surface area contributed by atoms with Crippen molar-refractivity contribution in [3.8, 4) is 11.3 Å². The highest BCUT2D eigenvalue weighted by atomic mass is 35.5. The molecule has 2 aromatic carbocycles. The first-order chi connectivity index (χ1) is 17.9. The highest BCUT2D eigenvalue weighted by Crippen LogP contribution is 2.22. The van der Waals surface area contributed by atoms with Crippen molar-refractivity contribution in [2.24, 2.45) is 5.73 Å². The van der Waals surface area contributed by atoms with Crippen LogP contribution in [0.5, 0.6) is 0 Å². The first-order valence-corrected chi connectivity index (χ1v) is 11.8. The number of nitrogens with two attached hydrogens (primary N) is 2. The Labute approximate surface area is 216 Å². The van der Waals surface area contributed by atoms with Gasteiger partial charge in [0.1, 0.15) is 0 Å². The van der Waals surface area contributed by atoms with Crippen LogP contribution in [0.25, 0.3) is 16.9 Å². The average molecular weight is 515 g/mol. The highest BCUT2D eigenvalue weighted by Gasteiger charge is 2.21. The average Bonchev–Trinajstić information content (AvgIpc) is 3.32. The zero-order chi connectivity index (χ0) is 25.9. The summed E-state index contributed by atoms with van der Waals surface area (Å²) in [6.07, 6.45) is 1.53. The molecule has 0 fully saturated rings. The molecule has 5 rings (SSSR count). The largest absolute Gasteiger partial charge is 0.382 e. The monoisotopic (exact) mass is 514 g/mol. The van der Waals surface area contributed by atoms with Crippen molar-refractivity contribution in [1.29, 1.82) is 0 Å². The molecule has 0 bridgehead atoms. The Balaban J connectivity index is 1.37. The van der Waals surface area contributed by atoms with Gasteiger partial charge in [-0.1, -0.05) is 41.9 Å². The Bertz CT molecular complexity index is 1580. The Morgan fingerprint density at radius 3 is 2.68 bits per heavy atom. The van der Waals surface area contributed by atoms with E-state index in [2.05, 4.69) is 35.9 Å². The Morgan fingerprint density at radius 2 is 1.92 bits per heavy atom. The predicted molar refractivity (Wildman–Crippen MR) is 141 cm³/mol. The van der Waals surface area contributed by atoms with E-state index >= 15 is 0 Å². The lowest BCUT2D eigenvalue weighted by Gasteiger charge is -2.13. The van der Waals surface area contributed by atoms with Gasteiger partial charge >= 0.3 is 0 Å². The molecule has 0 aliphatic rings. The van der Waals surface area contributed by atoms with Gasteiger partial charge in [-0.15, -0.1) is 15.3 Å². The van der Waals surface area contributed by atoms with Gasteiger partial charge in [0.2, 0.25) is 0 Å². The third kappa shape index (κ3) is 5.17. The van der Waals surface area contributed by atoms with E-state index in [0.717, 1.165) is 16.8 Å². The quantitative estimate of drug-likeness (QED) is 0.254. The van der Waals surface area contributed by atoms with E-state index in [1.54, 1.807) is 35.7 Å². The zero-order valence-electron chi connectivity index (χ0n) is 19.8. The topological polar surface area (TPSA) is 162 Å². The third-order valence-corrected chi connectivity index (χ3v) is 5.86. The smallest absolute Gasteiger partial charge is 0.274 e. The standard InChI is InChI=1S/C25H23ClN10O/c1-14(24-34-33-21-10-9-20(35-36(21)24)31-18-4-2-3-17(26)11-18)30-25(37)22-23(28)29-13-19(32-22)16-7-5-15(12-27)6-8-16/h2-11,13-14H,12,27H2,1H3,(H2,28,29)(H,30,37)(H,31,35)/t14-/m1/s1. The molecule has 0 radical (unpaired) electrons. The van der Waals surface area contributed by atoms with Crippen LogP contribution in [0.4, 0.5) is 17.3 Å². The van der Waals surface area contributed by atoms with E-state index < -0.39 is 11.9 Å². The first-order valence-electron chi connectivity index (χ1n) is 11.4. The van der Waals surface area contributed by atoms with Gasteiger partial charge in [0.15, 0.2) is 28.8 Å². The van der Waals surface area contributed by atoms with E-state index in [1.165, 1.54) is 6.20 Å². The number of nitrogen functional groups attached to an aromatic ring is 1. The van der Waals surface area contributed by atoms with Crippen LogP contribution in [-0.4, -0.2) is 35.7 Å². The highest BCUT2D eigenvalue weighted by molar-refractivity contribution is 6.30. The summed E-state index contributed by atoms with van der Waals surface area (Å²) >= 11 is 6.07. The lowest BCUT2D eigenvalue weighted by Crippen LogP contribution is -2.30. The van der Waals surface area contributed by atoms with E-state index in [-0.39, 0.29) is 11.5 Å². The van der Waals surface area contributed by atoms with Gasteiger partial charge in [0.25, 0.3) is 5.91 Å². The molecule has 0 unspecified atom stereocenters. The zero-order valence-corrected chi connectivity index (χ0v) is 20.5. The number of benzene rings is 2. The minimum absolute atomic E-state index is 0.0114. The van der Waals surface area contributed by atoms with Gasteiger partial charge in [-0.3, -0.25) is 4.79 Å². The van der Waals surface area contributed by atoms with Crippen LogP contribution >= 0.6 is 11.6 Å². The molecule has 3 aromatic heterocycles. The number of anilines is 3. The van der Waals surface area contributed by atoms with Crippen LogP contribution in [0.1, 0.15) is 34.8 Å². The molecular weight excluding hydrogens is 492 g/mol. The number of hydrogen-bond donors (Lipinski definition) is 4. The summed E-state index contributed by atoms with van der Waals surface area (Å²) < 4.78 is 1.56. The number of nitrogens with zero attached hydrogens (tertiary/aromatic N) is 6. The van der Waals surface area contributed by atoms with Gasteiger partial charge in [-0.25, -0.2) is 9.97 Å². The van der Waals surface area contributed by atoms with Crippen LogP contribution in [-0.2, 0) is 6.54 Å². The fourth-order valence-corrected chi connectivity index (χ4v) is 3.89. The number of carbonyl (C=O) groups excluding carboxylic acids is 1. The second-order valence-electron chi connectivity index (χ2n) is 8.27. The molecule has 6 N–H and O–H groups in total. The molecule has 5 aromatic rings. The summed E-state index contributed by atoms with van der Waals surface area (Å²) in [7, 11) is 0. The van der Waals surface area contributed by atoms with E-state index in [0.29, 0.717) is 34.6 Å². The molecule has 186 valence electrons. The molecule has 0 saturated heterocycles. The van der Waals surface area contributed by atoms with Gasteiger partial charge in [0.05, 0.1) is 17.9 Å². The molecular formula is C25H23ClN10O. The van der Waals surface area contributed by atoms with Crippen molar-refractivity contribution >= 4 is 40.5 Å². The number of nitrogens with one attached hydrogen (secondary N) is 2. The maximum absolute atomic E-state index is 13.1. The van der Waals surface area contributed by atoms with Crippen LogP contribution in [0.3, 0.4) is 0 Å². The van der Waals surface area contributed by atoms with Gasteiger partial charge in [0, 0.05) is 22.8 Å². The summed E-state index contributed by atoms with van der Waals surface area (Å²) in [6, 6.07) is 17.8. The van der Waals surface area contributed by atoms with Crippen molar-refractivity contribution in [2.75, 3.05) is 11.1 Å². The van der Waals surface area contributed by atoms with Crippen LogP contribution in [0.15, 0.2) is 66.9 Å². The minimum Gasteiger partial charge on any atom is -0.382 e. The SMILES string of the molecule is C[C@@H](NC(=O)c1nc(-c2ccc(CN)cc2)cnc1N)c1nnc2ccc(Nc3cccc(Cl)c3)nn12. The van der Waals surface area contributed by atoms with Crippen LogP contribution < -0.4 is 22.1 Å². The number of halogens is 1. The first kappa shape index (κ1) is 24.1. The summed E-state index contributed by atoms with van der Waals surface area (Å²) in [6.45, 7) is 2.20. The summed E-state index contributed by atoms with van der Waals surface area (Å²) in [5.74, 6) is 0.503. The van der Waals surface area contributed by atoms with Gasteiger partial charge < -0.3 is 22.1 Å². The molecule has 12 heteroatoms. The number of carbonyl (C=O) groups is 1. The summed E-state index contributed by atoms with van der Waals surface area (Å²) in [5.41, 5.74) is 15.3. The van der Waals surface area contributed by atoms with Crippen molar-refractivity contribution in [2.45, 2.75) is 19.5 Å². The molecule has 0 aliphatic heterocycles. The fraction of sp³-hybridized carbons (Fsp3) is 0.120. The molecule has 0 aliphatic carbocycles. The number of rotatable bonds is 7. The van der Waals surface area contributed by atoms with Crippen molar-refractivity contribution in [1.82, 2.24) is 35.1 Å². The molecule has 1 atom stereocenters. The van der Waals surface area contributed by atoms with Crippen LogP contribution in [0, 0.1) is 0 Å². The second-order valence-corrected chi connectivity index (χ2v) is 8.70. The summed E-state index contributed by atoms with van der Waals surface area (Å²) in [5, 5.41) is 19.6. The number of aromatic nitrogens is 6. The molecule has 0 saturated carbocycles. The van der Waals surface area contributed by atoms with Crippen LogP contribution in [0.2, 0.25) is 5.02 Å². The molecule has 0 spiro atoms. The van der Waals surface area contributed by atoms with E-state index in [1.807, 2.05) is 36.4 Å². The minimum atomic E-state index is -0.565. The third-order valence-electron chi connectivity index (χ3n) is 5.62.